The third-order valence-corrected chi connectivity index (χ3v) is 3.57. The molecule has 0 spiro atoms. The fourth-order valence-corrected chi connectivity index (χ4v) is 2.77. The van der Waals surface area contributed by atoms with Crippen molar-refractivity contribution in [2.24, 2.45) is 0 Å². The number of carbonyl (C=O) groups excluding carboxylic acids is 1. The number of amides is 1. The van der Waals surface area contributed by atoms with Crippen LogP contribution in [0, 0.1) is 0 Å². The molecule has 1 fully saturated rings. The molecule has 0 aliphatic carbocycles. The number of hydrogen-bond acceptors (Lipinski definition) is 4. The van der Waals surface area contributed by atoms with Crippen molar-refractivity contribution < 1.29 is 4.79 Å². The largest absolute Gasteiger partial charge is 0.293 e. The van der Waals surface area contributed by atoms with Gasteiger partial charge < -0.3 is 0 Å². The van der Waals surface area contributed by atoms with Crippen molar-refractivity contribution in [2.45, 2.75) is 6.92 Å². The summed E-state index contributed by atoms with van der Waals surface area (Å²) in [6.45, 7) is 2.54. The normalized spacial score (nSPS) is 18.6. The van der Waals surface area contributed by atoms with Crippen LogP contribution in [0.4, 0.5) is 0 Å². The van der Waals surface area contributed by atoms with Crippen LogP contribution >= 0.6 is 24.0 Å². The van der Waals surface area contributed by atoms with E-state index in [9.17, 15) is 4.79 Å². The summed E-state index contributed by atoms with van der Waals surface area (Å²) in [5.41, 5.74) is 0.964. The zero-order chi connectivity index (χ0) is 11.5. The minimum absolute atomic E-state index is 0.00527. The van der Waals surface area contributed by atoms with Gasteiger partial charge in [-0.3, -0.25) is 14.7 Å². The molecule has 0 radical (unpaired) electrons. The zero-order valence-corrected chi connectivity index (χ0v) is 10.3. The van der Waals surface area contributed by atoms with E-state index < -0.39 is 0 Å². The fourth-order valence-electron chi connectivity index (χ4n) is 1.38. The minimum atomic E-state index is -0.00527. The first-order valence-corrected chi connectivity index (χ1v) is 6.10. The Balaban J connectivity index is 2.27. The molecule has 0 unspecified atom stereocenters. The van der Waals surface area contributed by atoms with E-state index in [1.54, 1.807) is 17.3 Å². The number of aromatic nitrogens is 1. The number of likely N-dealkylation sites (N-methyl/N-ethyl adjacent to an activating group) is 1. The average Bonchev–Trinajstić information content (AvgIpc) is 2.55. The average molecular weight is 250 g/mol. The van der Waals surface area contributed by atoms with Crippen molar-refractivity contribution in [3.63, 3.8) is 0 Å². The van der Waals surface area contributed by atoms with Crippen LogP contribution in [0.2, 0.25) is 0 Å². The molecule has 1 aliphatic heterocycles. The summed E-state index contributed by atoms with van der Waals surface area (Å²) in [4.78, 5) is 18.1. The number of nitrogens with zero attached hydrogens (tertiary/aromatic N) is 2. The fraction of sp³-hybridized carbons (Fsp3) is 0.182. The lowest BCUT2D eigenvalue weighted by molar-refractivity contribution is -0.121. The number of thiocarbonyl (C=S) groups is 1. The molecule has 1 aromatic heterocycles. The monoisotopic (exact) mass is 250 g/mol. The van der Waals surface area contributed by atoms with Crippen molar-refractivity contribution in [3.05, 3.63) is 35.0 Å². The van der Waals surface area contributed by atoms with Gasteiger partial charge in [-0.25, -0.2) is 0 Å². The molecule has 0 atom stereocenters. The Kier molecular flexibility index (Phi) is 3.36. The van der Waals surface area contributed by atoms with Gasteiger partial charge in [0.25, 0.3) is 5.91 Å². The Bertz CT molecular complexity index is 456. The van der Waals surface area contributed by atoms with Crippen LogP contribution in [0.3, 0.4) is 0 Å². The van der Waals surface area contributed by atoms with Crippen molar-refractivity contribution >= 4 is 40.3 Å². The lowest BCUT2D eigenvalue weighted by atomic mass is 10.2. The molecule has 0 N–H and O–H groups in total. The number of thioether (sulfide) groups is 1. The molecule has 1 aromatic rings. The van der Waals surface area contributed by atoms with Crippen LogP contribution < -0.4 is 0 Å². The second-order valence-corrected chi connectivity index (χ2v) is 4.88. The van der Waals surface area contributed by atoms with Gasteiger partial charge in [0.2, 0.25) is 0 Å². The minimum Gasteiger partial charge on any atom is -0.293 e. The Morgan fingerprint density at radius 1 is 1.50 bits per heavy atom. The maximum Gasteiger partial charge on any atom is 0.266 e. The number of hydrogen-bond donors (Lipinski definition) is 0. The molecule has 82 valence electrons. The zero-order valence-electron chi connectivity index (χ0n) is 8.71. The molecule has 2 heterocycles. The van der Waals surface area contributed by atoms with E-state index in [4.69, 9.17) is 12.2 Å². The predicted octanol–water partition coefficient (Wildman–Crippen LogP) is 2.30. The van der Waals surface area contributed by atoms with E-state index in [-0.39, 0.29) is 5.91 Å². The van der Waals surface area contributed by atoms with Gasteiger partial charge in [-0.15, -0.1) is 0 Å². The van der Waals surface area contributed by atoms with E-state index in [1.165, 1.54) is 11.8 Å². The van der Waals surface area contributed by atoms with Crippen LogP contribution in [0.25, 0.3) is 6.08 Å². The molecule has 1 aliphatic rings. The number of rotatable bonds is 2. The third-order valence-electron chi connectivity index (χ3n) is 2.19. The molecule has 2 rings (SSSR count). The molecular formula is C11H10N2OS2. The highest BCUT2D eigenvalue weighted by Crippen LogP contribution is 2.31. The second-order valence-electron chi connectivity index (χ2n) is 3.21. The molecule has 1 amide bonds. The van der Waals surface area contributed by atoms with Crippen molar-refractivity contribution in [2.75, 3.05) is 6.54 Å². The first-order valence-electron chi connectivity index (χ1n) is 4.87. The van der Waals surface area contributed by atoms with Gasteiger partial charge in [0.1, 0.15) is 4.32 Å². The maximum atomic E-state index is 11.9. The molecule has 5 heteroatoms. The molecular weight excluding hydrogens is 240 g/mol. The maximum absolute atomic E-state index is 11.9. The molecule has 3 nitrogen and oxygen atoms in total. The first kappa shape index (κ1) is 11.3. The van der Waals surface area contributed by atoms with Crippen molar-refractivity contribution in [1.29, 1.82) is 0 Å². The quantitative estimate of drug-likeness (QED) is 0.595. The smallest absolute Gasteiger partial charge is 0.266 e. The van der Waals surface area contributed by atoms with Gasteiger partial charge in [-0.1, -0.05) is 24.0 Å². The lowest BCUT2D eigenvalue weighted by Gasteiger charge is -2.09. The summed E-state index contributed by atoms with van der Waals surface area (Å²) in [6.07, 6.45) is 5.25. The van der Waals surface area contributed by atoms with Crippen LogP contribution in [0.5, 0.6) is 0 Å². The molecule has 0 bridgehead atoms. The van der Waals surface area contributed by atoms with Gasteiger partial charge >= 0.3 is 0 Å². The van der Waals surface area contributed by atoms with Gasteiger partial charge in [-0.05, 0) is 30.7 Å². The van der Waals surface area contributed by atoms with Crippen molar-refractivity contribution in [1.82, 2.24) is 9.88 Å². The van der Waals surface area contributed by atoms with E-state index >= 15 is 0 Å². The highest BCUT2D eigenvalue weighted by atomic mass is 32.2. The highest BCUT2D eigenvalue weighted by molar-refractivity contribution is 8.26. The third kappa shape index (κ3) is 2.15. The summed E-state index contributed by atoms with van der Waals surface area (Å²) in [5, 5.41) is 0. The molecule has 0 saturated carbocycles. The predicted molar refractivity (Wildman–Crippen MR) is 69.8 cm³/mol. The summed E-state index contributed by atoms with van der Waals surface area (Å²) in [7, 11) is 0. The van der Waals surface area contributed by atoms with E-state index in [2.05, 4.69) is 4.98 Å². The second kappa shape index (κ2) is 4.76. The van der Waals surface area contributed by atoms with Crippen LogP contribution in [0.1, 0.15) is 12.5 Å². The Morgan fingerprint density at radius 3 is 2.75 bits per heavy atom. The van der Waals surface area contributed by atoms with Gasteiger partial charge in [0.05, 0.1) is 4.91 Å². The van der Waals surface area contributed by atoms with Gasteiger partial charge in [0, 0.05) is 18.9 Å². The SMILES string of the molecule is CCN1C(=O)/C(=C/c2ccncc2)SC1=S. The van der Waals surface area contributed by atoms with Gasteiger partial charge in [0.15, 0.2) is 0 Å². The topological polar surface area (TPSA) is 33.2 Å². The highest BCUT2D eigenvalue weighted by Gasteiger charge is 2.30. The van der Waals surface area contributed by atoms with Crippen LogP contribution in [-0.2, 0) is 4.79 Å². The van der Waals surface area contributed by atoms with Gasteiger partial charge in [-0.2, -0.15) is 0 Å². The molecule has 0 aromatic carbocycles. The number of carbonyl (C=O) groups is 1. The Morgan fingerprint density at radius 2 is 2.19 bits per heavy atom. The molecule has 1 saturated heterocycles. The lowest BCUT2D eigenvalue weighted by Crippen LogP contribution is -2.27. The number of pyridine rings is 1. The molecule has 16 heavy (non-hydrogen) atoms. The van der Waals surface area contributed by atoms with E-state index in [0.717, 1.165) is 5.56 Å². The van der Waals surface area contributed by atoms with Crippen molar-refractivity contribution in [3.8, 4) is 0 Å². The summed E-state index contributed by atoms with van der Waals surface area (Å²) in [5.74, 6) is -0.00527. The first-order chi connectivity index (χ1) is 7.72. The van der Waals surface area contributed by atoms with Crippen LogP contribution in [-0.4, -0.2) is 26.7 Å². The Hall–Kier alpha value is -1.20. The van der Waals surface area contributed by atoms with Crippen LogP contribution in [0.15, 0.2) is 29.4 Å². The summed E-state index contributed by atoms with van der Waals surface area (Å²) < 4.78 is 0.632. The van der Waals surface area contributed by atoms with E-state index in [0.29, 0.717) is 15.8 Å². The Labute approximate surface area is 104 Å². The standard InChI is InChI=1S/C11H10N2OS2/c1-2-13-10(14)9(16-11(13)15)7-8-3-5-12-6-4-8/h3-7H,2H2,1H3/b9-7-. The summed E-state index contributed by atoms with van der Waals surface area (Å²) >= 11 is 6.47. The van der Waals surface area contributed by atoms with E-state index in [1.807, 2.05) is 25.1 Å². The summed E-state index contributed by atoms with van der Waals surface area (Å²) in [6, 6.07) is 3.72.